The normalized spacial score (nSPS) is 23.5. The van der Waals surface area contributed by atoms with Crippen LogP contribution in [0.1, 0.15) is 30.6 Å². The minimum atomic E-state index is -1.05. The molecule has 0 spiro atoms. The van der Waals surface area contributed by atoms with Crippen LogP contribution < -0.4 is 5.73 Å². The maximum absolute atomic E-state index is 13.2. The van der Waals surface area contributed by atoms with Crippen LogP contribution in [-0.2, 0) is 0 Å². The Kier molecular flexibility index (Phi) is 3.73. The number of carbonyl (C=O) groups excluding carboxylic acids is 1. The summed E-state index contributed by atoms with van der Waals surface area (Å²) in [6.45, 7) is 5.48. The van der Waals surface area contributed by atoms with Gasteiger partial charge in [0.2, 0.25) is 0 Å². The van der Waals surface area contributed by atoms with Gasteiger partial charge >= 0.3 is 0 Å². The van der Waals surface area contributed by atoms with E-state index in [1.807, 2.05) is 0 Å². The van der Waals surface area contributed by atoms with E-state index in [1.165, 1.54) is 0 Å². The van der Waals surface area contributed by atoms with Crippen LogP contribution in [0.15, 0.2) is 12.1 Å². The fraction of sp³-hybridized carbons (Fsp3) is 0.500. The Hall–Kier alpha value is -1.65. The van der Waals surface area contributed by atoms with E-state index in [9.17, 15) is 13.6 Å². The average molecular weight is 268 g/mol. The monoisotopic (exact) mass is 268 g/mol. The highest BCUT2D eigenvalue weighted by atomic mass is 19.2. The number of nitrogens with two attached hydrogens (primary N) is 1. The quantitative estimate of drug-likeness (QED) is 0.796. The predicted molar refractivity (Wildman–Crippen MR) is 69.6 cm³/mol. The molecule has 1 aliphatic heterocycles. The largest absolute Gasteiger partial charge is 0.398 e. The van der Waals surface area contributed by atoms with Gasteiger partial charge in [0.05, 0.1) is 5.56 Å². The average Bonchev–Trinajstić information content (AvgIpc) is 2.36. The number of anilines is 1. The SMILES string of the molecule is CC1CCN(C(=O)c2cc(F)c(F)cc2N)CC1C. The van der Waals surface area contributed by atoms with E-state index in [2.05, 4.69) is 13.8 Å². The second kappa shape index (κ2) is 5.15. The van der Waals surface area contributed by atoms with Crippen LogP contribution in [0.25, 0.3) is 0 Å². The Morgan fingerprint density at radius 2 is 1.89 bits per heavy atom. The molecule has 1 aliphatic rings. The maximum Gasteiger partial charge on any atom is 0.256 e. The molecule has 0 saturated carbocycles. The summed E-state index contributed by atoms with van der Waals surface area (Å²) in [7, 11) is 0. The molecule has 19 heavy (non-hydrogen) atoms. The topological polar surface area (TPSA) is 46.3 Å². The van der Waals surface area contributed by atoms with Crippen molar-refractivity contribution in [2.75, 3.05) is 18.8 Å². The summed E-state index contributed by atoms with van der Waals surface area (Å²) >= 11 is 0. The van der Waals surface area contributed by atoms with E-state index in [-0.39, 0.29) is 17.2 Å². The van der Waals surface area contributed by atoms with E-state index >= 15 is 0 Å². The van der Waals surface area contributed by atoms with Gasteiger partial charge in [-0.05, 0) is 24.3 Å². The molecule has 0 aliphatic carbocycles. The predicted octanol–water partition coefficient (Wildman–Crippen LogP) is 2.67. The molecule has 2 atom stereocenters. The highest BCUT2D eigenvalue weighted by molar-refractivity contribution is 5.99. The van der Waals surface area contributed by atoms with Crippen LogP contribution in [0.3, 0.4) is 0 Å². The molecule has 1 amide bonds. The van der Waals surface area contributed by atoms with Gasteiger partial charge in [-0.15, -0.1) is 0 Å². The lowest BCUT2D eigenvalue weighted by Crippen LogP contribution is -2.42. The number of halogens is 2. The number of hydrogen-bond acceptors (Lipinski definition) is 2. The third-order valence-electron chi connectivity index (χ3n) is 3.94. The highest BCUT2D eigenvalue weighted by Crippen LogP contribution is 2.25. The van der Waals surface area contributed by atoms with Gasteiger partial charge in [-0.1, -0.05) is 13.8 Å². The number of amides is 1. The van der Waals surface area contributed by atoms with Crippen molar-refractivity contribution in [2.24, 2.45) is 11.8 Å². The summed E-state index contributed by atoms with van der Waals surface area (Å²) in [5, 5.41) is 0. The first-order chi connectivity index (χ1) is 8.90. The maximum atomic E-state index is 13.2. The van der Waals surface area contributed by atoms with Crippen molar-refractivity contribution in [3.05, 3.63) is 29.3 Å². The first-order valence-corrected chi connectivity index (χ1v) is 6.44. The summed E-state index contributed by atoms with van der Waals surface area (Å²) in [6.07, 6.45) is 0.913. The second-order valence-corrected chi connectivity index (χ2v) is 5.35. The summed E-state index contributed by atoms with van der Waals surface area (Å²) in [5.74, 6) is -1.45. The zero-order valence-corrected chi connectivity index (χ0v) is 11.1. The number of rotatable bonds is 1. The zero-order chi connectivity index (χ0) is 14.2. The van der Waals surface area contributed by atoms with Crippen molar-refractivity contribution < 1.29 is 13.6 Å². The van der Waals surface area contributed by atoms with Crippen molar-refractivity contribution in [1.82, 2.24) is 4.90 Å². The molecule has 3 nitrogen and oxygen atoms in total. The number of piperidine rings is 1. The Morgan fingerprint density at radius 1 is 1.26 bits per heavy atom. The Labute approximate surface area is 111 Å². The van der Waals surface area contributed by atoms with Crippen LogP contribution in [0, 0.1) is 23.5 Å². The van der Waals surface area contributed by atoms with E-state index in [4.69, 9.17) is 5.73 Å². The fourth-order valence-electron chi connectivity index (χ4n) is 2.37. The Morgan fingerprint density at radius 3 is 2.53 bits per heavy atom. The minimum Gasteiger partial charge on any atom is -0.398 e. The van der Waals surface area contributed by atoms with Crippen molar-refractivity contribution in [1.29, 1.82) is 0 Å². The van der Waals surface area contributed by atoms with Crippen molar-refractivity contribution in [3.63, 3.8) is 0 Å². The number of nitrogen functional groups attached to an aromatic ring is 1. The Bertz CT molecular complexity index is 504. The van der Waals surface area contributed by atoms with E-state index in [0.717, 1.165) is 18.6 Å². The second-order valence-electron chi connectivity index (χ2n) is 5.35. The molecule has 2 rings (SSSR count). The zero-order valence-electron chi connectivity index (χ0n) is 11.1. The van der Waals surface area contributed by atoms with Crippen molar-refractivity contribution >= 4 is 11.6 Å². The van der Waals surface area contributed by atoms with Gasteiger partial charge in [0.25, 0.3) is 5.91 Å². The number of carbonyl (C=O) groups is 1. The molecule has 0 aromatic heterocycles. The first-order valence-electron chi connectivity index (χ1n) is 6.44. The molecule has 1 aromatic rings. The summed E-state index contributed by atoms with van der Waals surface area (Å²) < 4.78 is 26.2. The molecule has 0 radical (unpaired) electrons. The van der Waals surface area contributed by atoms with Crippen molar-refractivity contribution in [3.8, 4) is 0 Å². The molecule has 2 N–H and O–H groups in total. The van der Waals surface area contributed by atoms with Gasteiger partial charge in [0.15, 0.2) is 11.6 Å². The van der Waals surface area contributed by atoms with E-state index in [1.54, 1.807) is 4.90 Å². The molecule has 1 fully saturated rings. The van der Waals surface area contributed by atoms with Gasteiger partial charge < -0.3 is 10.6 Å². The van der Waals surface area contributed by atoms with Gasteiger partial charge in [-0.25, -0.2) is 8.78 Å². The van der Waals surface area contributed by atoms with Gasteiger partial charge in [0.1, 0.15) is 0 Å². The lowest BCUT2D eigenvalue weighted by Gasteiger charge is -2.35. The molecular formula is C14H18F2N2O. The molecule has 1 saturated heterocycles. The van der Waals surface area contributed by atoms with Gasteiger partial charge in [-0.2, -0.15) is 0 Å². The number of hydrogen-bond donors (Lipinski definition) is 1. The third-order valence-corrected chi connectivity index (χ3v) is 3.94. The molecule has 1 aromatic carbocycles. The smallest absolute Gasteiger partial charge is 0.256 e. The highest BCUT2D eigenvalue weighted by Gasteiger charge is 2.28. The number of likely N-dealkylation sites (tertiary alicyclic amines) is 1. The van der Waals surface area contributed by atoms with Gasteiger partial charge in [0, 0.05) is 24.8 Å². The van der Waals surface area contributed by atoms with Crippen LogP contribution in [-0.4, -0.2) is 23.9 Å². The standard InChI is InChI=1S/C14H18F2N2O/c1-8-3-4-18(7-9(8)2)14(19)10-5-11(15)12(16)6-13(10)17/h5-6,8-9H,3-4,7,17H2,1-2H3. The molecule has 1 heterocycles. The number of benzene rings is 1. The van der Waals surface area contributed by atoms with E-state index < -0.39 is 11.6 Å². The fourth-order valence-corrected chi connectivity index (χ4v) is 2.37. The lowest BCUT2D eigenvalue weighted by atomic mass is 9.88. The molecule has 2 unspecified atom stereocenters. The Balaban J connectivity index is 2.23. The van der Waals surface area contributed by atoms with Crippen LogP contribution in [0.5, 0.6) is 0 Å². The van der Waals surface area contributed by atoms with E-state index in [0.29, 0.717) is 24.9 Å². The third kappa shape index (κ3) is 2.69. The van der Waals surface area contributed by atoms with Crippen molar-refractivity contribution in [2.45, 2.75) is 20.3 Å². The summed E-state index contributed by atoms with van der Waals surface area (Å²) in [6, 6.07) is 1.74. The summed E-state index contributed by atoms with van der Waals surface area (Å²) in [4.78, 5) is 14.0. The van der Waals surface area contributed by atoms with Crippen LogP contribution in [0.2, 0.25) is 0 Å². The minimum absolute atomic E-state index is 0.0184. The first kappa shape index (κ1) is 13.8. The number of nitrogens with zero attached hydrogens (tertiary/aromatic N) is 1. The van der Waals surface area contributed by atoms with Gasteiger partial charge in [-0.3, -0.25) is 4.79 Å². The molecule has 0 bridgehead atoms. The molecule has 5 heteroatoms. The van der Waals surface area contributed by atoms with Crippen LogP contribution >= 0.6 is 0 Å². The molecule has 104 valence electrons. The lowest BCUT2D eigenvalue weighted by molar-refractivity contribution is 0.0628. The molecular weight excluding hydrogens is 250 g/mol. The summed E-state index contributed by atoms with van der Waals surface area (Å²) in [5.41, 5.74) is 5.63. The van der Waals surface area contributed by atoms with Crippen LogP contribution in [0.4, 0.5) is 14.5 Å².